The van der Waals surface area contributed by atoms with Gasteiger partial charge in [0.15, 0.2) is 0 Å². The summed E-state index contributed by atoms with van der Waals surface area (Å²) < 4.78 is 0. The Morgan fingerprint density at radius 1 is 1.02 bits per heavy atom. The zero-order chi connectivity index (χ0) is 40.5. The Hall–Kier alpha value is -4.67. The normalized spacial score (nSPS) is 18.1. The Morgan fingerprint density at radius 2 is 1.72 bits per heavy atom. The van der Waals surface area contributed by atoms with E-state index in [4.69, 9.17) is 5.73 Å². The van der Waals surface area contributed by atoms with Crippen LogP contribution in [0.25, 0.3) is 0 Å². The molecule has 0 saturated carbocycles. The Kier molecular flexibility index (Phi) is 19.0. The molecule has 1 aliphatic carbocycles. The number of hydrogen-bond acceptors (Lipinski definition) is 10. The van der Waals surface area contributed by atoms with E-state index in [9.17, 15) is 43.5 Å². The number of rotatable bonds is 21. The summed E-state index contributed by atoms with van der Waals surface area (Å²) >= 11 is 1.40. The predicted octanol–water partition coefficient (Wildman–Crippen LogP) is 0.765. The maximum absolute atomic E-state index is 13.7. The molecule has 6 atom stereocenters. The molecule has 1 aliphatic heterocycles. The van der Waals surface area contributed by atoms with Crippen molar-refractivity contribution in [2.24, 2.45) is 11.7 Å². The van der Waals surface area contributed by atoms with Crippen LogP contribution in [-0.2, 0) is 38.4 Å². The van der Waals surface area contributed by atoms with Gasteiger partial charge < -0.3 is 46.7 Å². The Balaban J connectivity index is 2.09. The molecule has 2 rings (SSSR count). The van der Waals surface area contributed by atoms with Crippen molar-refractivity contribution in [3.63, 3.8) is 0 Å². The predicted molar refractivity (Wildman–Crippen MR) is 204 cm³/mol. The number of likely N-dealkylation sites (N-methyl/N-ethyl adjacent to an activating group) is 1. The molecule has 7 N–H and O–H groups in total. The van der Waals surface area contributed by atoms with E-state index in [0.717, 1.165) is 5.57 Å². The number of amides is 7. The molecule has 1 fully saturated rings. The number of thioether (sulfide) groups is 1. The summed E-state index contributed by atoms with van der Waals surface area (Å²) in [6, 6.07) is -5.79. The van der Waals surface area contributed by atoms with E-state index in [0.29, 0.717) is 37.7 Å². The minimum atomic E-state index is -1.09. The lowest BCUT2D eigenvalue weighted by Gasteiger charge is -2.31. The maximum Gasteiger partial charge on any atom is 0.245 e. The van der Waals surface area contributed by atoms with Crippen molar-refractivity contribution >= 4 is 59.4 Å². The molecule has 0 aromatic rings. The van der Waals surface area contributed by atoms with Crippen LogP contribution in [0.5, 0.6) is 0 Å². The fourth-order valence-electron chi connectivity index (χ4n) is 6.12. The summed E-state index contributed by atoms with van der Waals surface area (Å²) in [5.41, 5.74) is 6.16. The van der Waals surface area contributed by atoms with Crippen LogP contribution in [0, 0.1) is 5.92 Å². The molecule has 300 valence electrons. The van der Waals surface area contributed by atoms with Crippen LogP contribution in [0.3, 0.4) is 0 Å². The van der Waals surface area contributed by atoms with E-state index < -0.39 is 71.7 Å². The Bertz CT molecular complexity index is 1480. The van der Waals surface area contributed by atoms with Gasteiger partial charge in [-0.2, -0.15) is 11.8 Å². The molecule has 0 spiro atoms. The van der Waals surface area contributed by atoms with Crippen molar-refractivity contribution in [1.82, 2.24) is 31.1 Å². The zero-order valence-electron chi connectivity index (χ0n) is 32.1. The third kappa shape index (κ3) is 15.0. The SMILES string of the molecule is CCSCC(=O)N[C@@H](CC1=CC=C(O)C=CC1)C(=O)N(C)[C@@H](C)C(=O)N[C@@H](C)C(=O)N1CCC[C@H]1C(=O)N[C@@H](CC(N)=O)CC(=O)N[C@H](C=O)CC(C)C. The van der Waals surface area contributed by atoms with Gasteiger partial charge in [-0.05, 0) is 69.8 Å². The van der Waals surface area contributed by atoms with Gasteiger partial charge in [0.1, 0.15) is 36.2 Å². The number of nitrogens with zero attached hydrogens (tertiary/aromatic N) is 2. The van der Waals surface area contributed by atoms with Crippen molar-refractivity contribution < 1.29 is 43.5 Å². The average Bonchev–Trinajstić information content (AvgIpc) is 3.51. The molecule has 0 aromatic heterocycles. The number of primary amides is 1. The van der Waals surface area contributed by atoms with Crippen LogP contribution >= 0.6 is 11.8 Å². The van der Waals surface area contributed by atoms with E-state index in [2.05, 4.69) is 21.3 Å². The third-order valence-electron chi connectivity index (χ3n) is 9.03. The van der Waals surface area contributed by atoms with E-state index in [1.54, 1.807) is 12.2 Å². The fraction of sp³-hybridized carbons (Fsp3) is 0.622. The van der Waals surface area contributed by atoms with E-state index in [1.165, 1.54) is 54.6 Å². The standard InChI is InChI=1S/C37H57N7O9S/c1-7-54-21-33(49)42-29(17-25-10-8-11-28(46)14-13-25)37(53)43(6)24(5)34(50)39-23(4)36(52)44-15-9-12-30(44)35(51)41-26(18-31(38)47)19-32(48)40-27(20-45)16-22(2)3/h8,11,13-14,20,22-24,26-27,29-30,46H,7,9-10,12,15-19,21H2,1-6H3,(H2,38,47)(H,39,50)(H,40,48)(H,41,51)(H,42,49)/t23-,24-,26-,27-,29-,30-/m0/s1. The van der Waals surface area contributed by atoms with Crippen molar-refractivity contribution in [3.8, 4) is 0 Å². The first kappa shape index (κ1) is 45.5. The molecule has 54 heavy (non-hydrogen) atoms. The van der Waals surface area contributed by atoms with Crippen LogP contribution in [-0.4, -0.2) is 124 Å². The number of allylic oxidation sites excluding steroid dienone is 4. The molecule has 16 nitrogen and oxygen atoms in total. The Morgan fingerprint density at radius 3 is 2.35 bits per heavy atom. The molecule has 0 unspecified atom stereocenters. The van der Waals surface area contributed by atoms with Crippen molar-refractivity contribution in [1.29, 1.82) is 0 Å². The second kappa shape index (κ2) is 22.5. The van der Waals surface area contributed by atoms with Gasteiger partial charge in [0.2, 0.25) is 41.4 Å². The molecule has 1 heterocycles. The van der Waals surface area contributed by atoms with Gasteiger partial charge in [-0.3, -0.25) is 33.6 Å². The summed E-state index contributed by atoms with van der Waals surface area (Å²) in [6.07, 6.45) is 8.23. The number of hydrogen-bond donors (Lipinski definition) is 6. The topological polar surface area (TPSA) is 237 Å². The number of aldehydes is 1. The summed E-state index contributed by atoms with van der Waals surface area (Å²) in [4.78, 5) is 105. The van der Waals surface area contributed by atoms with E-state index in [1.807, 2.05) is 20.8 Å². The minimum absolute atomic E-state index is 0.0575. The van der Waals surface area contributed by atoms with E-state index in [-0.39, 0.29) is 49.1 Å². The monoisotopic (exact) mass is 775 g/mol. The lowest BCUT2D eigenvalue weighted by atomic mass is 10.0. The number of carbonyl (C=O) groups excluding carboxylic acids is 8. The van der Waals surface area contributed by atoms with Gasteiger partial charge >= 0.3 is 0 Å². The lowest BCUT2D eigenvalue weighted by molar-refractivity contribution is -0.144. The molecular weight excluding hydrogens is 719 g/mol. The van der Waals surface area contributed by atoms with Crippen molar-refractivity contribution in [3.05, 3.63) is 35.6 Å². The van der Waals surface area contributed by atoms with E-state index >= 15 is 0 Å². The fourth-order valence-corrected chi connectivity index (χ4v) is 6.60. The number of likely N-dealkylation sites (tertiary alicyclic amines) is 1. The molecular formula is C37H57N7O9S. The number of aliphatic hydroxyl groups excluding tert-OH is 1. The van der Waals surface area contributed by atoms with Gasteiger partial charge in [0, 0.05) is 32.5 Å². The number of nitrogens with two attached hydrogens (primary N) is 1. The maximum atomic E-state index is 13.7. The highest BCUT2D eigenvalue weighted by Gasteiger charge is 2.38. The summed E-state index contributed by atoms with van der Waals surface area (Å²) in [5, 5.41) is 20.5. The molecule has 7 amide bonds. The molecule has 0 radical (unpaired) electrons. The zero-order valence-corrected chi connectivity index (χ0v) is 32.9. The highest BCUT2D eigenvalue weighted by Crippen LogP contribution is 2.20. The molecule has 1 saturated heterocycles. The summed E-state index contributed by atoms with van der Waals surface area (Å²) in [6.45, 7) is 8.88. The third-order valence-corrected chi connectivity index (χ3v) is 9.91. The first-order chi connectivity index (χ1) is 25.5. The highest BCUT2D eigenvalue weighted by molar-refractivity contribution is 7.99. The van der Waals surface area contributed by atoms with Crippen molar-refractivity contribution in [2.45, 2.75) is 116 Å². The second-order valence-electron chi connectivity index (χ2n) is 14.0. The van der Waals surface area contributed by atoms with Crippen LogP contribution in [0.4, 0.5) is 0 Å². The molecule has 2 aliphatic rings. The summed E-state index contributed by atoms with van der Waals surface area (Å²) in [7, 11) is 1.43. The molecule has 0 bridgehead atoms. The van der Waals surface area contributed by atoms with Crippen LogP contribution in [0.1, 0.15) is 79.6 Å². The number of nitrogens with one attached hydrogen (secondary N) is 4. The first-order valence-corrected chi connectivity index (χ1v) is 19.5. The molecule has 17 heteroatoms. The number of carbonyl (C=O) groups is 8. The lowest BCUT2D eigenvalue weighted by Crippen LogP contribution is -2.57. The van der Waals surface area contributed by atoms with Gasteiger partial charge in [-0.1, -0.05) is 38.5 Å². The smallest absolute Gasteiger partial charge is 0.245 e. The van der Waals surface area contributed by atoms with Gasteiger partial charge in [0.05, 0.1) is 11.8 Å². The molecule has 0 aromatic carbocycles. The van der Waals surface area contributed by atoms with Gasteiger partial charge in [-0.15, -0.1) is 0 Å². The second-order valence-corrected chi connectivity index (χ2v) is 15.3. The largest absolute Gasteiger partial charge is 0.508 e. The van der Waals surface area contributed by atoms with Crippen LogP contribution < -0.4 is 27.0 Å². The van der Waals surface area contributed by atoms with Gasteiger partial charge in [-0.25, -0.2) is 0 Å². The van der Waals surface area contributed by atoms with Gasteiger partial charge in [0.25, 0.3) is 0 Å². The quantitative estimate of drug-likeness (QED) is 0.0896. The average molecular weight is 776 g/mol. The highest BCUT2D eigenvalue weighted by atomic mass is 32.2. The van der Waals surface area contributed by atoms with Crippen LogP contribution in [0.15, 0.2) is 35.6 Å². The first-order valence-electron chi connectivity index (χ1n) is 18.3. The Labute approximate surface area is 321 Å². The summed E-state index contributed by atoms with van der Waals surface area (Å²) in [5.74, 6) is -2.89. The van der Waals surface area contributed by atoms with Crippen molar-refractivity contribution in [2.75, 3.05) is 25.1 Å². The van der Waals surface area contributed by atoms with Crippen LogP contribution in [0.2, 0.25) is 0 Å². The number of aliphatic hydroxyl groups is 1. The minimum Gasteiger partial charge on any atom is -0.508 e.